The van der Waals surface area contributed by atoms with Crippen LogP contribution in [0.2, 0.25) is 0 Å². The number of benzene rings is 1. The van der Waals surface area contributed by atoms with E-state index >= 15 is 0 Å². The van der Waals surface area contributed by atoms with Crippen molar-refractivity contribution in [2.45, 2.75) is 44.0 Å². The van der Waals surface area contributed by atoms with Crippen LogP contribution in [0.15, 0.2) is 29.2 Å². The van der Waals surface area contributed by atoms with E-state index in [1.165, 1.54) is 4.31 Å². The summed E-state index contributed by atoms with van der Waals surface area (Å²) in [5.41, 5.74) is 0.851. The standard InChI is InChI=1S/C18H28N2O5S2/c1-4-17(14-6-8-16(9-7-14)26(3,22)23)19-18(21)15-10-12-20(13-11-15)27(24,25)5-2/h6-9,15,17H,4-5,10-13H2,1-3H3,(H,19,21)/t17-/m1/s1. The second kappa shape index (κ2) is 8.70. The first-order valence-corrected chi connectivity index (χ1v) is 12.7. The van der Waals surface area contributed by atoms with Crippen molar-refractivity contribution >= 4 is 25.8 Å². The minimum atomic E-state index is -3.25. The number of piperidine rings is 1. The molecule has 0 unspecified atom stereocenters. The molecule has 2 rings (SSSR count). The van der Waals surface area contributed by atoms with Gasteiger partial charge < -0.3 is 5.32 Å². The number of carbonyl (C=O) groups is 1. The zero-order chi connectivity index (χ0) is 20.2. The van der Waals surface area contributed by atoms with Gasteiger partial charge >= 0.3 is 0 Å². The zero-order valence-electron chi connectivity index (χ0n) is 16.0. The van der Waals surface area contributed by atoms with E-state index < -0.39 is 19.9 Å². The van der Waals surface area contributed by atoms with Crippen molar-refractivity contribution in [3.63, 3.8) is 0 Å². The summed E-state index contributed by atoms with van der Waals surface area (Å²) in [4.78, 5) is 12.9. The van der Waals surface area contributed by atoms with Crippen molar-refractivity contribution in [2.24, 2.45) is 5.92 Å². The molecule has 152 valence electrons. The van der Waals surface area contributed by atoms with Crippen molar-refractivity contribution in [1.29, 1.82) is 0 Å². The second-order valence-corrected chi connectivity index (χ2v) is 11.2. The monoisotopic (exact) mass is 416 g/mol. The number of carbonyl (C=O) groups excluding carboxylic acids is 1. The fourth-order valence-corrected chi connectivity index (χ4v) is 5.00. The van der Waals surface area contributed by atoms with Crippen molar-refractivity contribution in [3.05, 3.63) is 29.8 Å². The van der Waals surface area contributed by atoms with E-state index in [0.29, 0.717) is 32.4 Å². The maximum Gasteiger partial charge on any atom is 0.223 e. The van der Waals surface area contributed by atoms with Gasteiger partial charge in [-0.3, -0.25) is 4.79 Å². The molecule has 1 atom stereocenters. The summed E-state index contributed by atoms with van der Waals surface area (Å²) < 4.78 is 48.4. The summed E-state index contributed by atoms with van der Waals surface area (Å²) in [7, 11) is -6.46. The average molecular weight is 417 g/mol. The number of hydrogen-bond acceptors (Lipinski definition) is 5. The van der Waals surface area contributed by atoms with Gasteiger partial charge in [-0.25, -0.2) is 21.1 Å². The van der Waals surface area contributed by atoms with Crippen LogP contribution < -0.4 is 5.32 Å². The molecule has 1 fully saturated rings. The predicted octanol–water partition coefficient (Wildman–Crippen LogP) is 1.72. The van der Waals surface area contributed by atoms with E-state index in [1.54, 1.807) is 31.2 Å². The fourth-order valence-electron chi connectivity index (χ4n) is 3.24. The molecule has 7 nitrogen and oxygen atoms in total. The zero-order valence-corrected chi connectivity index (χ0v) is 17.6. The van der Waals surface area contributed by atoms with Crippen molar-refractivity contribution in [2.75, 3.05) is 25.1 Å². The Kier molecular flexibility index (Phi) is 7.04. The number of sulfone groups is 1. The molecular weight excluding hydrogens is 388 g/mol. The van der Waals surface area contributed by atoms with Crippen LogP contribution in [0.5, 0.6) is 0 Å². The molecule has 0 aromatic heterocycles. The fraction of sp³-hybridized carbons (Fsp3) is 0.611. The number of nitrogens with one attached hydrogen (secondary N) is 1. The lowest BCUT2D eigenvalue weighted by atomic mass is 9.96. The molecule has 1 heterocycles. The van der Waals surface area contributed by atoms with Gasteiger partial charge in [-0.05, 0) is 43.9 Å². The molecule has 1 N–H and O–H groups in total. The summed E-state index contributed by atoms with van der Waals surface area (Å²) in [6, 6.07) is 6.34. The highest BCUT2D eigenvalue weighted by Gasteiger charge is 2.30. The van der Waals surface area contributed by atoms with E-state index in [4.69, 9.17) is 0 Å². The number of amides is 1. The van der Waals surface area contributed by atoms with E-state index in [9.17, 15) is 21.6 Å². The molecule has 0 aliphatic carbocycles. The number of nitrogens with zero attached hydrogens (tertiary/aromatic N) is 1. The Morgan fingerprint density at radius 2 is 1.67 bits per heavy atom. The predicted molar refractivity (Wildman–Crippen MR) is 104 cm³/mol. The third kappa shape index (κ3) is 5.52. The van der Waals surface area contributed by atoms with E-state index in [2.05, 4.69) is 5.32 Å². The molecule has 0 bridgehead atoms. The summed E-state index contributed by atoms with van der Waals surface area (Å²) in [6.45, 7) is 4.31. The van der Waals surface area contributed by atoms with E-state index in [0.717, 1.165) is 11.8 Å². The highest BCUT2D eigenvalue weighted by Crippen LogP contribution is 2.23. The van der Waals surface area contributed by atoms with Gasteiger partial charge in [0.05, 0.1) is 16.7 Å². The minimum Gasteiger partial charge on any atom is -0.349 e. The van der Waals surface area contributed by atoms with Crippen molar-refractivity contribution in [3.8, 4) is 0 Å². The van der Waals surface area contributed by atoms with Crippen LogP contribution in [0.1, 0.15) is 44.7 Å². The highest BCUT2D eigenvalue weighted by atomic mass is 32.2. The van der Waals surface area contributed by atoms with Gasteiger partial charge in [0, 0.05) is 25.3 Å². The lowest BCUT2D eigenvalue weighted by Crippen LogP contribution is -2.44. The maximum atomic E-state index is 12.6. The topological polar surface area (TPSA) is 101 Å². The van der Waals surface area contributed by atoms with Gasteiger partial charge in [0.2, 0.25) is 15.9 Å². The summed E-state index contributed by atoms with van der Waals surface area (Å²) in [5, 5.41) is 3.02. The molecule has 0 radical (unpaired) electrons. The second-order valence-electron chi connectivity index (χ2n) is 6.88. The molecule has 0 saturated carbocycles. The Bertz CT molecular complexity index is 856. The molecule has 1 aromatic rings. The molecule has 9 heteroatoms. The summed E-state index contributed by atoms with van der Waals surface area (Å²) in [5.74, 6) is -0.217. The first-order valence-electron chi connectivity index (χ1n) is 9.16. The first kappa shape index (κ1) is 21.8. The molecular formula is C18H28N2O5S2. The Hall–Kier alpha value is -1.45. The summed E-state index contributed by atoms with van der Waals surface area (Å²) in [6.07, 6.45) is 2.85. The Morgan fingerprint density at radius 1 is 1.11 bits per heavy atom. The largest absolute Gasteiger partial charge is 0.349 e. The Labute approximate surface area is 162 Å². The smallest absolute Gasteiger partial charge is 0.223 e. The van der Waals surface area contributed by atoms with Gasteiger partial charge in [0.15, 0.2) is 9.84 Å². The molecule has 27 heavy (non-hydrogen) atoms. The third-order valence-corrected chi connectivity index (χ3v) is 8.03. The lowest BCUT2D eigenvalue weighted by Gasteiger charge is -2.31. The normalized spacial score (nSPS) is 18.2. The van der Waals surface area contributed by atoms with E-state index in [-0.39, 0.29) is 28.5 Å². The average Bonchev–Trinajstić information content (AvgIpc) is 2.65. The molecule has 1 aromatic carbocycles. The van der Waals surface area contributed by atoms with Crippen molar-refractivity contribution in [1.82, 2.24) is 9.62 Å². The molecule has 1 aliphatic rings. The molecule has 1 amide bonds. The van der Waals surface area contributed by atoms with Gasteiger partial charge in [-0.15, -0.1) is 0 Å². The highest BCUT2D eigenvalue weighted by molar-refractivity contribution is 7.90. The SMILES string of the molecule is CC[C@@H](NC(=O)C1CCN(S(=O)(=O)CC)CC1)c1ccc(S(C)(=O)=O)cc1. The quantitative estimate of drug-likeness (QED) is 0.729. The van der Waals surface area contributed by atoms with Gasteiger partial charge in [-0.1, -0.05) is 19.1 Å². The molecule has 0 spiro atoms. The Morgan fingerprint density at radius 3 is 2.11 bits per heavy atom. The maximum absolute atomic E-state index is 12.6. The van der Waals surface area contributed by atoms with Crippen LogP contribution in [0.25, 0.3) is 0 Å². The van der Waals surface area contributed by atoms with Crippen molar-refractivity contribution < 1.29 is 21.6 Å². The van der Waals surface area contributed by atoms with Gasteiger partial charge in [-0.2, -0.15) is 0 Å². The molecule has 1 saturated heterocycles. The van der Waals surface area contributed by atoms with Gasteiger partial charge in [0.1, 0.15) is 0 Å². The summed E-state index contributed by atoms with van der Waals surface area (Å²) >= 11 is 0. The third-order valence-electron chi connectivity index (χ3n) is 5.02. The number of sulfonamides is 1. The van der Waals surface area contributed by atoms with Crippen LogP contribution in [-0.4, -0.2) is 52.1 Å². The minimum absolute atomic E-state index is 0.0747. The molecule has 1 aliphatic heterocycles. The first-order chi connectivity index (χ1) is 12.6. The van der Waals surface area contributed by atoms with Crippen LogP contribution in [0.3, 0.4) is 0 Å². The van der Waals surface area contributed by atoms with Crippen LogP contribution in [0.4, 0.5) is 0 Å². The lowest BCUT2D eigenvalue weighted by molar-refractivity contribution is -0.126. The van der Waals surface area contributed by atoms with Crippen LogP contribution in [0, 0.1) is 5.92 Å². The van der Waals surface area contributed by atoms with Crippen LogP contribution in [-0.2, 0) is 24.7 Å². The van der Waals surface area contributed by atoms with E-state index in [1.807, 2.05) is 6.92 Å². The van der Waals surface area contributed by atoms with Gasteiger partial charge in [0.25, 0.3) is 0 Å². The van der Waals surface area contributed by atoms with Crippen LogP contribution >= 0.6 is 0 Å². The number of hydrogen-bond donors (Lipinski definition) is 1. The Balaban J connectivity index is 2.00. The number of rotatable bonds is 7.